The molecule has 7 nitrogen and oxygen atoms in total. The summed E-state index contributed by atoms with van der Waals surface area (Å²) in [6.45, 7) is 7.61. The minimum absolute atomic E-state index is 0.163. The number of carbonyl (C=O) groups is 2. The van der Waals surface area contributed by atoms with E-state index in [1.54, 1.807) is 13.8 Å². The SMILES string of the molecule is C=C1C(=O)O[C@@H]2/C=C3/CC[C@H]4O[C@]4(C[C@H](OC(=O)C(C)C)[C@@H]12)[C@H](O)OC3. The third kappa shape index (κ3) is 2.78. The highest BCUT2D eigenvalue weighted by molar-refractivity contribution is 5.91. The van der Waals surface area contributed by atoms with E-state index in [1.165, 1.54) is 0 Å². The predicted molar refractivity (Wildman–Crippen MR) is 88.7 cm³/mol. The van der Waals surface area contributed by atoms with Crippen LogP contribution in [-0.4, -0.2) is 53.9 Å². The summed E-state index contributed by atoms with van der Waals surface area (Å²) in [5, 5.41) is 10.5. The Morgan fingerprint density at radius 3 is 2.96 bits per heavy atom. The van der Waals surface area contributed by atoms with Gasteiger partial charge in [0.1, 0.15) is 17.8 Å². The van der Waals surface area contributed by atoms with Crippen LogP contribution >= 0.6 is 0 Å². The summed E-state index contributed by atoms with van der Waals surface area (Å²) in [5.41, 5.74) is 0.305. The van der Waals surface area contributed by atoms with Gasteiger partial charge in [0, 0.05) is 12.0 Å². The second-order valence-corrected chi connectivity index (χ2v) is 7.84. The van der Waals surface area contributed by atoms with Crippen molar-refractivity contribution < 1.29 is 33.6 Å². The van der Waals surface area contributed by atoms with Gasteiger partial charge < -0.3 is 24.1 Å². The summed E-state index contributed by atoms with van der Waals surface area (Å²) in [4.78, 5) is 24.4. The fraction of sp³-hybridized carbons (Fsp3) is 0.684. The fourth-order valence-corrected chi connectivity index (χ4v) is 4.13. The van der Waals surface area contributed by atoms with Gasteiger partial charge in [0.15, 0.2) is 6.29 Å². The van der Waals surface area contributed by atoms with Gasteiger partial charge in [0.2, 0.25) is 0 Å². The molecule has 0 radical (unpaired) electrons. The largest absolute Gasteiger partial charge is 0.461 e. The van der Waals surface area contributed by atoms with Crippen LogP contribution in [0.25, 0.3) is 0 Å². The third-order valence-corrected chi connectivity index (χ3v) is 5.74. The van der Waals surface area contributed by atoms with Crippen molar-refractivity contribution in [2.24, 2.45) is 11.8 Å². The zero-order valence-electron chi connectivity index (χ0n) is 15.0. The molecule has 1 spiro atoms. The molecule has 1 N–H and O–H groups in total. The van der Waals surface area contributed by atoms with Crippen LogP contribution in [0.1, 0.15) is 33.1 Å². The van der Waals surface area contributed by atoms with Gasteiger partial charge in [-0.2, -0.15) is 0 Å². The van der Waals surface area contributed by atoms with Crippen LogP contribution in [0.3, 0.4) is 0 Å². The van der Waals surface area contributed by atoms with Crippen molar-refractivity contribution in [2.75, 3.05) is 6.61 Å². The van der Waals surface area contributed by atoms with Crippen molar-refractivity contribution >= 4 is 11.9 Å². The lowest BCUT2D eigenvalue weighted by atomic mass is 9.81. The highest BCUT2D eigenvalue weighted by Crippen LogP contribution is 2.51. The minimum Gasteiger partial charge on any atom is -0.461 e. The van der Waals surface area contributed by atoms with Crippen LogP contribution in [0.2, 0.25) is 0 Å². The Hall–Kier alpha value is -1.70. The summed E-state index contributed by atoms with van der Waals surface area (Å²) >= 11 is 0. The Labute approximate surface area is 151 Å². The van der Waals surface area contributed by atoms with Crippen molar-refractivity contribution in [1.82, 2.24) is 0 Å². The first-order valence-corrected chi connectivity index (χ1v) is 9.09. The zero-order chi connectivity index (χ0) is 18.6. The van der Waals surface area contributed by atoms with E-state index in [9.17, 15) is 14.7 Å². The number of ether oxygens (including phenoxy) is 4. The van der Waals surface area contributed by atoms with Gasteiger partial charge in [-0.3, -0.25) is 4.79 Å². The van der Waals surface area contributed by atoms with Crippen molar-refractivity contribution in [1.29, 1.82) is 0 Å². The molecule has 7 heteroatoms. The van der Waals surface area contributed by atoms with Crippen LogP contribution in [0.15, 0.2) is 23.8 Å². The predicted octanol–water partition coefficient (Wildman–Crippen LogP) is 1.25. The Morgan fingerprint density at radius 1 is 1.46 bits per heavy atom. The van der Waals surface area contributed by atoms with E-state index in [0.29, 0.717) is 0 Å². The number of carbonyl (C=O) groups excluding carboxylic acids is 2. The first-order valence-electron chi connectivity index (χ1n) is 9.09. The summed E-state index contributed by atoms with van der Waals surface area (Å²) in [6, 6.07) is 0. The van der Waals surface area contributed by atoms with Crippen molar-refractivity contribution in [3.63, 3.8) is 0 Å². The first kappa shape index (κ1) is 17.7. The minimum atomic E-state index is -1.11. The molecule has 0 unspecified atom stereocenters. The van der Waals surface area contributed by atoms with Crippen LogP contribution in [0.4, 0.5) is 0 Å². The van der Waals surface area contributed by atoms with Gasteiger partial charge in [0.25, 0.3) is 0 Å². The molecule has 4 heterocycles. The number of epoxide rings is 1. The molecule has 3 saturated heterocycles. The average Bonchev–Trinajstić information content (AvgIpc) is 3.20. The van der Waals surface area contributed by atoms with E-state index in [1.807, 2.05) is 6.08 Å². The molecule has 2 bridgehead atoms. The van der Waals surface area contributed by atoms with E-state index in [2.05, 4.69) is 6.58 Å². The van der Waals surface area contributed by atoms with E-state index in [4.69, 9.17) is 18.9 Å². The standard InChI is InChI=1S/C19H24O7/c1-9(2)16(20)25-13-7-19-14(26-19)5-4-11(8-23-18(19)22)6-12-15(13)10(3)17(21)24-12/h6,9,12-15,18,22H,3-5,7-8H2,1-2H3/b11-6-/t12-,13+,14-,15+,18-,19+/m1/s1. The maximum absolute atomic E-state index is 12.3. The Bertz CT molecular complexity index is 681. The normalized spacial score (nSPS) is 43.7. The lowest BCUT2D eigenvalue weighted by Gasteiger charge is -2.33. The molecular weight excluding hydrogens is 340 g/mol. The lowest BCUT2D eigenvalue weighted by Crippen LogP contribution is -2.45. The van der Waals surface area contributed by atoms with Crippen LogP contribution in [-0.2, 0) is 28.5 Å². The number of aliphatic hydroxyl groups is 1. The number of rotatable bonds is 2. The number of hydrogen-bond acceptors (Lipinski definition) is 7. The second kappa shape index (κ2) is 6.18. The molecule has 142 valence electrons. The highest BCUT2D eigenvalue weighted by Gasteiger charge is 2.65. The summed E-state index contributed by atoms with van der Waals surface area (Å²) in [5.74, 6) is -1.67. The molecule has 3 fully saturated rings. The highest BCUT2D eigenvalue weighted by atomic mass is 16.7. The van der Waals surface area contributed by atoms with Gasteiger partial charge in [-0.05, 0) is 24.5 Å². The third-order valence-electron chi connectivity index (χ3n) is 5.74. The number of fused-ring (bicyclic) bond motifs is 4. The summed E-state index contributed by atoms with van der Waals surface area (Å²) in [6.07, 6.45) is 1.05. The fourth-order valence-electron chi connectivity index (χ4n) is 4.13. The van der Waals surface area contributed by atoms with E-state index >= 15 is 0 Å². The monoisotopic (exact) mass is 364 g/mol. The Kier molecular flexibility index (Phi) is 4.21. The first-order chi connectivity index (χ1) is 12.3. The molecule has 0 saturated carbocycles. The van der Waals surface area contributed by atoms with Crippen molar-refractivity contribution in [3.05, 3.63) is 23.8 Å². The molecule has 1 aliphatic carbocycles. The summed E-state index contributed by atoms with van der Waals surface area (Å²) < 4.78 is 22.7. The molecule has 0 amide bonds. The Morgan fingerprint density at radius 2 is 2.23 bits per heavy atom. The van der Waals surface area contributed by atoms with E-state index < -0.39 is 36.0 Å². The van der Waals surface area contributed by atoms with Crippen LogP contribution < -0.4 is 0 Å². The molecule has 4 aliphatic heterocycles. The molecule has 5 rings (SSSR count). The number of hydrogen-bond donors (Lipinski definition) is 1. The molecule has 5 aliphatic rings. The van der Waals surface area contributed by atoms with Crippen LogP contribution in [0.5, 0.6) is 0 Å². The lowest BCUT2D eigenvalue weighted by molar-refractivity contribution is -0.168. The topological polar surface area (TPSA) is 94.6 Å². The molecule has 6 atom stereocenters. The summed E-state index contributed by atoms with van der Waals surface area (Å²) in [7, 11) is 0. The van der Waals surface area contributed by atoms with Crippen molar-refractivity contribution in [3.8, 4) is 0 Å². The van der Waals surface area contributed by atoms with Gasteiger partial charge >= 0.3 is 11.9 Å². The van der Waals surface area contributed by atoms with Gasteiger partial charge in [-0.15, -0.1) is 0 Å². The Balaban J connectivity index is 1.75. The van der Waals surface area contributed by atoms with Crippen LogP contribution in [0, 0.1) is 11.8 Å². The van der Waals surface area contributed by atoms with Gasteiger partial charge in [0.05, 0.1) is 24.5 Å². The van der Waals surface area contributed by atoms with Crippen molar-refractivity contribution in [2.45, 2.75) is 63.3 Å². The molecular formula is C19H24O7. The molecule has 26 heavy (non-hydrogen) atoms. The van der Waals surface area contributed by atoms with E-state index in [-0.39, 0.29) is 36.6 Å². The smallest absolute Gasteiger partial charge is 0.334 e. The molecule has 0 aromatic heterocycles. The van der Waals surface area contributed by atoms with Gasteiger partial charge in [-0.1, -0.05) is 20.4 Å². The number of esters is 2. The zero-order valence-corrected chi connectivity index (χ0v) is 15.0. The van der Waals surface area contributed by atoms with E-state index in [0.717, 1.165) is 18.4 Å². The maximum Gasteiger partial charge on any atom is 0.334 e. The maximum atomic E-state index is 12.3. The number of aliphatic hydroxyl groups excluding tert-OH is 1. The molecule has 0 aromatic carbocycles. The van der Waals surface area contributed by atoms with Gasteiger partial charge in [-0.25, -0.2) is 4.79 Å². The second-order valence-electron chi connectivity index (χ2n) is 7.84. The average molecular weight is 364 g/mol. The quantitative estimate of drug-likeness (QED) is 0.341. The molecule has 0 aromatic rings.